The topological polar surface area (TPSA) is 34.8 Å². The van der Waals surface area contributed by atoms with Crippen molar-refractivity contribution < 1.29 is 21.5 Å². The maximum atomic E-state index is 5.37. The zero-order valence-corrected chi connectivity index (χ0v) is 7.58. The number of halogens is 1. The van der Waals surface area contributed by atoms with E-state index in [0.717, 1.165) is 6.54 Å². The van der Waals surface area contributed by atoms with Crippen LogP contribution in [0.5, 0.6) is 0 Å². The van der Waals surface area contributed by atoms with Crippen LogP contribution in [-0.2, 0) is 13.2 Å². The molecule has 0 aliphatic rings. The van der Waals surface area contributed by atoms with Crippen molar-refractivity contribution in [3.05, 3.63) is 18.7 Å². The smallest absolute Gasteiger partial charge is 0.244 e. The van der Waals surface area contributed by atoms with Gasteiger partial charge in [0.05, 0.1) is 6.54 Å². The van der Waals surface area contributed by atoms with E-state index in [0.29, 0.717) is 6.67 Å². The van der Waals surface area contributed by atoms with Crippen LogP contribution in [0.3, 0.4) is 0 Å². The normalized spacial score (nSPS) is 9.00. The molecule has 1 heterocycles. The van der Waals surface area contributed by atoms with Gasteiger partial charge in [0, 0.05) is 0 Å². The van der Waals surface area contributed by atoms with Gasteiger partial charge in [-0.2, -0.15) is 0 Å². The second kappa shape index (κ2) is 4.46. The molecule has 0 fully saturated rings. The fraction of sp³-hybridized carbons (Fsp3) is 0.500. The van der Waals surface area contributed by atoms with Gasteiger partial charge >= 0.3 is 0 Å². The van der Waals surface area contributed by atoms with Crippen LogP contribution in [-0.4, -0.2) is 4.57 Å². The highest BCUT2D eigenvalue weighted by Crippen LogP contribution is 1.78. The van der Waals surface area contributed by atoms with Gasteiger partial charge in [-0.15, -0.1) is 0 Å². The molecule has 4 heteroatoms. The molecule has 0 aliphatic carbocycles. The minimum Gasteiger partial charge on any atom is -1.00 e. The number of nitrogens with zero attached hydrogens (tertiary/aromatic N) is 2. The lowest BCUT2D eigenvalue weighted by Crippen LogP contribution is -3.00. The Balaban J connectivity index is 0.000000810. The van der Waals surface area contributed by atoms with Crippen LogP contribution in [0.15, 0.2) is 18.7 Å². The minimum atomic E-state index is 0. The molecule has 0 bridgehead atoms. The molecule has 0 unspecified atom stereocenters. The quantitative estimate of drug-likeness (QED) is 0.506. The van der Waals surface area contributed by atoms with Crippen LogP contribution >= 0.6 is 0 Å². The third-order valence-electron chi connectivity index (χ3n) is 1.32. The van der Waals surface area contributed by atoms with E-state index in [9.17, 15) is 0 Å². The van der Waals surface area contributed by atoms with Crippen molar-refractivity contribution in [2.45, 2.75) is 20.1 Å². The highest BCUT2D eigenvalue weighted by atomic mass is 79.9. The second-order valence-corrected chi connectivity index (χ2v) is 1.94. The van der Waals surface area contributed by atoms with Crippen LogP contribution in [0.1, 0.15) is 6.92 Å². The van der Waals surface area contributed by atoms with Crippen LogP contribution in [0, 0.1) is 0 Å². The molecule has 2 N–H and O–H groups in total. The maximum Gasteiger partial charge on any atom is 0.244 e. The molecular formula is C6H12BrN3. The Morgan fingerprint density at radius 3 is 2.60 bits per heavy atom. The van der Waals surface area contributed by atoms with E-state index in [2.05, 4.69) is 11.5 Å². The molecule has 1 rings (SSSR count). The first-order valence-corrected chi connectivity index (χ1v) is 3.11. The number of rotatable bonds is 2. The summed E-state index contributed by atoms with van der Waals surface area (Å²) in [7, 11) is 0. The molecule has 1 aromatic rings. The summed E-state index contributed by atoms with van der Waals surface area (Å²) in [6, 6.07) is 0. The number of hydrogen-bond donors (Lipinski definition) is 1. The molecular weight excluding hydrogens is 194 g/mol. The number of nitrogens with two attached hydrogens (primary N) is 1. The van der Waals surface area contributed by atoms with Gasteiger partial charge in [0.2, 0.25) is 6.33 Å². The number of aryl methyl sites for hydroxylation is 1. The third kappa shape index (κ3) is 2.11. The van der Waals surface area contributed by atoms with Crippen molar-refractivity contribution >= 4 is 0 Å². The molecule has 0 saturated carbocycles. The van der Waals surface area contributed by atoms with Gasteiger partial charge < -0.3 is 17.0 Å². The second-order valence-electron chi connectivity index (χ2n) is 1.94. The Kier molecular flexibility index (Phi) is 4.31. The van der Waals surface area contributed by atoms with Crippen LogP contribution in [0.2, 0.25) is 0 Å². The third-order valence-corrected chi connectivity index (χ3v) is 1.32. The summed E-state index contributed by atoms with van der Waals surface area (Å²) in [5, 5.41) is 0. The molecule has 1 aromatic heterocycles. The summed E-state index contributed by atoms with van der Waals surface area (Å²) in [6.07, 6.45) is 5.95. The Labute approximate surface area is 71.2 Å². The average Bonchev–Trinajstić information content (AvgIpc) is 2.34. The standard InChI is InChI=1S/C6H12N3.BrH/c1-2-8-3-4-9(5-7)6-8;/h3-4,6H,2,5,7H2,1H3;1H/q+1;/p-1. The number of aromatic nitrogens is 2. The lowest BCUT2D eigenvalue weighted by atomic mass is 10.7. The van der Waals surface area contributed by atoms with Gasteiger partial charge in [-0.05, 0) is 6.92 Å². The SMILES string of the molecule is CC[n+]1ccn(CN)c1.[Br-]. The molecule has 0 amide bonds. The van der Waals surface area contributed by atoms with E-state index in [1.54, 1.807) is 0 Å². The Morgan fingerprint density at radius 1 is 1.60 bits per heavy atom. The van der Waals surface area contributed by atoms with Gasteiger partial charge in [-0.1, -0.05) is 0 Å². The summed E-state index contributed by atoms with van der Waals surface area (Å²) in [4.78, 5) is 0. The Hall–Kier alpha value is -0.350. The van der Waals surface area contributed by atoms with Crippen molar-refractivity contribution in [1.29, 1.82) is 0 Å². The molecule has 0 aromatic carbocycles. The fourth-order valence-electron chi connectivity index (χ4n) is 0.734. The van der Waals surface area contributed by atoms with Crippen molar-refractivity contribution in [2.24, 2.45) is 5.73 Å². The van der Waals surface area contributed by atoms with E-state index in [4.69, 9.17) is 5.73 Å². The van der Waals surface area contributed by atoms with Crippen LogP contribution < -0.4 is 27.3 Å². The molecule has 10 heavy (non-hydrogen) atoms. The lowest BCUT2D eigenvalue weighted by molar-refractivity contribution is -0.693. The van der Waals surface area contributed by atoms with Gasteiger partial charge in [-0.3, -0.25) is 5.73 Å². The van der Waals surface area contributed by atoms with E-state index >= 15 is 0 Å². The molecule has 58 valence electrons. The molecule has 0 spiro atoms. The average molecular weight is 206 g/mol. The number of imidazole rings is 1. The zero-order valence-electron chi connectivity index (χ0n) is 6.00. The lowest BCUT2D eigenvalue weighted by Gasteiger charge is -1.84. The molecule has 0 aliphatic heterocycles. The summed E-state index contributed by atoms with van der Waals surface area (Å²) in [6.45, 7) is 3.67. The van der Waals surface area contributed by atoms with Crippen molar-refractivity contribution in [3.8, 4) is 0 Å². The monoisotopic (exact) mass is 205 g/mol. The van der Waals surface area contributed by atoms with E-state index in [1.165, 1.54) is 0 Å². The van der Waals surface area contributed by atoms with Crippen molar-refractivity contribution in [1.82, 2.24) is 4.57 Å². The molecule has 3 nitrogen and oxygen atoms in total. The van der Waals surface area contributed by atoms with E-state index < -0.39 is 0 Å². The maximum absolute atomic E-state index is 5.37. The summed E-state index contributed by atoms with van der Waals surface area (Å²) < 4.78 is 4.01. The summed E-state index contributed by atoms with van der Waals surface area (Å²) in [5.74, 6) is 0. The van der Waals surface area contributed by atoms with Gasteiger partial charge in [0.15, 0.2) is 0 Å². The highest BCUT2D eigenvalue weighted by molar-refractivity contribution is 4.63. The summed E-state index contributed by atoms with van der Waals surface area (Å²) in [5.41, 5.74) is 5.37. The first-order chi connectivity index (χ1) is 4.36. The summed E-state index contributed by atoms with van der Waals surface area (Å²) >= 11 is 0. The fourth-order valence-corrected chi connectivity index (χ4v) is 0.734. The van der Waals surface area contributed by atoms with Crippen molar-refractivity contribution in [3.63, 3.8) is 0 Å². The number of hydrogen-bond acceptors (Lipinski definition) is 1. The predicted molar refractivity (Wildman–Crippen MR) is 34.5 cm³/mol. The van der Waals surface area contributed by atoms with Gasteiger partial charge in [-0.25, -0.2) is 9.13 Å². The highest BCUT2D eigenvalue weighted by Gasteiger charge is 1.96. The Morgan fingerprint density at radius 2 is 2.30 bits per heavy atom. The minimum absolute atomic E-state index is 0. The molecule has 0 atom stereocenters. The van der Waals surface area contributed by atoms with E-state index in [-0.39, 0.29) is 17.0 Å². The first kappa shape index (κ1) is 9.65. The van der Waals surface area contributed by atoms with Crippen LogP contribution in [0.25, 0.3) is 0 Å². The van der Waals surface area contributed by atoms with Gasteiger partial charge in [0.25, 0.3) is 0 Å². The molecule has 0 radical (unpaired) electrons. The Bertz CT molecular complexity index is 166. The first-order valence-electron chi connectivity index (χ1n) is 3.11. The zero-order chi connectivity index (χ0) is 6.69. The van der Waals surface area contributed by atoms with E-state index in [1.807, 2.05) is 23.3 Å². The van der Waals surface area contributed by atoms with Crippen molar-refractivity contribution in [2.75, 3.05) is 0 Å². The van der Waals surface area contributed by atoms with Crippen LogP contribution in [0.4, 0.5) is 0 Å². The predicted octanol–water partition coefficient (Wildman–Crippen LogP) is -3.28. The largest absolute Gasteiger partial charge is 1.00 e. The van der Waals surface area contributed by atoms with Gasteiger partial charge in [0.1, 0.15) is 19.1 Å². The molecule has 0 saturated heterocycles.